The van der Waals surface area contributed by atoms with Crippen molar-refractivity contribution in [3.8, 4) is 0 Å². The number of carbonyl (C=O) groups is 2. The van der Waals surface area contributed by atoms with Crippen molar-refractivity contribution in [3.05, 3.63) is 0 Å². The molecule has 0 radical (unpaired) electrons. The molecule has 0 saturated heterocycles. The predicted octanol–water partition coefficient (Wildman–Crippen LogP) is 4.16. The Morgan fingerprint density at radius 3 is 1.36 bits per heavy atom. The third-order valence-corrected chi connectivity index (χ3v) is 4.06. The molecule has 0 aromatic heterocycles. The Bertz CT molecular complexity index is 320. The summed E-state index contributed by atoms with van der Waals surface area (Å²) in [6, 6.07) is 0. The van der Waals surface area contributed by atoms with Crippen LogP contribution >= 0.6 is 23.2 Å². The summed E-state index contributed by atoms with van der Waals surface area (Å²) in [4.78, 5) is 23.9. The van der Waals surface area contributed by atoms with Gasteiger partial charge in [0.15, 0.2) is 0 Å². The van der Waals surface area contributed by atoms with Crippen LogP contribution in [0, 0.1) is 10.8 Å². The zero-order valence-corrected chi connectivity index (χ0v) is 15.6. The van der Waals surface area contributed by atoms with Gasteiger partial charge in [0.05, 0.1) is 10.8 Å². The molecule has 0 unspecified atom stereocenters. The monoisotopic (exact) mass is 354 g/mol. The van der Waals surface area contributed by atoms with E-state index in [-0.39, 0.29) is 25.2 Å². The van der Waals surface area contributed by atoms with Crippen molar-refractivity contribution in [2.24, 2.45) is 10.8 Å². The summed E-state index contributed by atoms with van der Waals surface area (Å²) in [5.74, 6) is 0.447. The molecule has 0 aromatic carbocycles. The predicted molar refractivity (Wildman–Crippen MR) is 89.4 cm³/mol. The molecule has 6 heteroatoms. The maximum Gasteiger partial charge on any atom is 0.311 e. The first-order valence-electron chi connectivity index (χ1n) is 7.64. The van der Waals surface area contributed by atoms with Crippen molar-refractivity contribution in [3.63, 3.8) is 0 Å². The Morgan fingerprint density at radius 2 is 1.09 bits per heavy atom. The van der Waals surface area contributed by atoms with E-state index in [0.717, 1.165) is 12.8 Å². The molecule has 0 amide bonds. The molecule has 0 heterocycles. The molecule has 0 atom stereocenters. The van der Waals surface area contributed by atoms with Gasteiger partial charge < -0.3 is 9.47 Å². The van der Waals surface area contributed by atoms with Crippen LogP contribution in [-0.2, 0) is 19.1 Å². The second-order valence-corrected chi connectivity index (χ2v) is 7.38. The molecule has 0 aliphatic rings. The minimum Gasteiger partial charge on any atom is -0.462 e. The van der Waals surface area contributed by atoms with Gasteiger partial charge in [-0.1, -0.05) is 0 Å². The van der Waals surface area contributed by atoms with E-state index in [9.17, 15) is 9.59 Å². The van der Waals surface area contributed by atoms with Crippen LogP contribution in [0.5, 0.6) is 0 Å². The maximum atomic E-state index is 11.9. The first-order chi connectivity index (χ1) is 10.2. The summed E-state index contributed by atoms with van der Waals surface area (Å²) in [6.07, 6.45) is 2.85. The smallest absolute Gasteiger partial charge is 0.311 e. The van der Waals surface area contributed by atoms with Crippen LogP contribution in [0.3, 0.4) is 0 Å². The van der Waals surface area contributed by atoms with Gasteiger partial charge in [0.2, 0.25) is 0 Å². The Hall–Kier alpha value is -0.480. The van der Waals surface area contributed by atoms with Crippen LogP contribution in [0.1, 0.15) is 53.4 Å². The van der Waals surface area contributed by atoms with Crippen LogP contribution in [0.25, 0.3) is 0 Å². The first kappa shape index (κ1) is 21.5. The highest BCUT2D eigenvalue weighted by Gasteiger charge is 2.30. The maximum absolute atomic E-state index is 11.9. The summed E-state index contributed by atoms with van der Waals surface area (Å²) in [5, 5.41) is 0. The fraction of sp³-hybridized carbons (Fsp3) is 0.875. The lowest BCUT2D eigenvalue weighted by atomic mass is 9.88. The molecule has 4 nitrogen and oxygen atoms in total. The number of esters is 2. The molecule has 0 fully saturated rings. The van der Waals surface area contributed by atoms with Gasteiger partial charge in [0, 0.05) is 11.8 Å². The van der Waals surface area contributed by atoms with E-state index in [4.69, 9.17) is 32.7 Å². The quantitative estimate of drug-likeness (QED) is 0.317. The van der Waals surface area contributed by atoms with Gasteiger partial charge in [-0.25, -0.2) is 0 Å². The van der Waals surface area contributed by atoms with E-state index in [1.54, 1.807) is 0 Å². The topological polar surface area (TPSA) is 52.6 Å². The normalized spacial score (nSPS) is 12.1. The van der Waals surface area contributed by atoms with Gasteiger partial charge in [-0.15, -0.1) is 23.2 Å². The zero-order valence-electron chi connectivity index (χ0n) is 14.0. The van der Waals surface area contributed by atoms with Gasteiger partial charge in [0.1, 0.15) is 13.2 Å². The fourth-order valence-electron chi connectivity index (χ4n) is 1.88. The average Bonchev–Trinajstić information content (AvgIpc) is 2.46. The van der Waals surface area contributed by atoms with E-state index >= 15 is 0 Å². The SMILES string of the molecule is CC(C)(CCCCl)C(=O)OCCOC(=O)C(C)(C)CCCCl. The van der Waals surface area contributed by atoms with Crippen molar-refractivity contribution in [1.82, 2.24) is 0 Å². The molecule has 0 spiro atoms. The third kappa shape index (κ3) is 8.23. The number of carbonyl (C=O) groups excluding carboxylic acids is 2. The summed E-state index contributed by atoms with van der Waals surface area (Å²) < 4.78 is 10.3. The van der Waals surface area contributed by atoms with E-state index in [2.05, 4.69) is 0 Å². The molecular formula is C16H28Cl2O4. The molecule has 130 valence electrons. The minimum absolute atomic E-state index is 0.0699. The van der Waals surface area contributed by atoms with Crippen LogP contribution in [-0.4, -0.2) is 36.9 Å². The largest absolute Gasteiger partial charge is 0.462 e. The standard InChI is InChI=1S/C16H28Cl2O4/c1-15(2,7-5-9-17)13(19)21-11-12-22-14(20)16(3,4)8-6-10-18/h5-12H2,1-4H3. The summed E-state index contributed by atoms with van der Waals surface area (Å²) in [7, 11) is 0. The van der Waals surface area contributed by atoms with Crippen molar-refractivity contribution in [2.75, 3.05) is 25.0 Å². The molecule has 0 rings (SSSR count). The van der Waals surface area contributed by atoms with Crippen LogP contribution < -0.4 is 0 Å². The van der Waals surface area contributed by atoms with Crippen molar-refractivity contribution in [2.45, 2.75) is 53.4 Å². The van der Waals surface area contributed by atoms with Gasteiger partial charge in [-0.3, -0.25) is 9.59 Å². The van der Waals surface area contributed by atoms with E-state index in [0.29, 0.717) is 24.6 Å². The molecule has 0 saturated carbocycles. The second-order valence-electron chi connectivity index (χ2n) is 6.62. The number of hydrogen-bond donors (Lipinski definition) is 0. The number of alkyl halides is 2. The van der Waals surface area contributed by atoms with Gasteiger partial charge in [-0.05, 0) is 53.4 Å². The summed E-state index contributed by atoms with van der Waals surface area (Å²) in [5.41, 5.74) is -1.14. The molecule has 0 bridgehead atoms. The number of rotatable bonds is 11. The molecule has 22 heavy (non-hydrogen) atoms. The summed E-state index contributed by atoms with van der Waals surface area (Å²) in [6.45, 7) is 7.43. The Morgan fingerprint density at radius 1 is 0.773 bits per heavy atom. The van der Waals surface area contributed by atoms with E-state index in [1.165, 1.54) is 0 Å². The van der Waals surface area contributed by atoms with Gasteiger partial charge in [0.25, 0.3) is 0 Å². The van der Waals surface area contributed by atoms with Gasteiger partial charge in [-0.2, -0.15) is 0 Å². The van der Waals surface area contributed by atoms with Crippen LogP contribution in [0.15, 0.2) is 0 Å². The highest BCUT2D eigenvalue weighted by molar-refractivity contribution is 6.18. The third-order valence-electron chi connectivity index (χ3n) is 3.53. The van der Waals surface area contributed by atoms with Crippen LogP contribution in [0.4, 0.5) is 0 Å². The molecular weight excluding hydrogens is 327 g/mol. The lowest BCUT2D eigenvalue weighted by molar-refractivity contribution is -0.163. The highest BCUT2D eigenvalue weighted by Crippen LogP contribution is 2.25. The zero-order chi connectivity index (χ0) is 17.2. The van der Waals surface area contributed by atoms with Crippen molar-refractivity contribution >= 4 is 35.1 Å². The highest BCUT2D eigenvalue weighted by atomic mass is 35.5. The molecule has 0 aromatic rings. The Kier molecular flexibility index (Phi) is 10.1. The fourth-order valence-corrected chi connectivity index (χ4v) is 2.15. The molecule has 0 N–H and O–H groups in total. The van der Waals surface area contributed by atoms with Gasteiger partial charge >= 0.3 is 11.9 Å². The lowest BCUT2D eigenvalue weighted by Gasteiger charge is -2.23. The number of hydrogen-bond acceptors (Lipinski definition) is 4. The minimum atomic E-state index is -0.571. The lowest BCUT2D eigenvalue weighted by Crippen LogP contribution is -2.30. The second kappa shape index (κ2) is 10.3. The number of halogens is 2. The molecule has 0 aliphatic heterocycles. The molecule has 0 aliphatic carbocycles. The van der Waals surface area contributed by atoms with E-state index in [1.807, 2.05) is 27.7 Å². The van der Waals surface area contributed by atoms with E-state index < -0.39 is 10.8 Å². The van der Waals surface area contributed by atoms with Crippen molar-refractivity contribution in [1.29, 1.82) is 0 Å². The number of ether oxygens (including phenoxy) is 2. The van der Waals surface area contributed by atoms with Crippen molar-refractivity contribution < 1.29 is 19.1 Å². The first-order valence-corrected chi connectivity index (χ1v) is 8.70. The Balaban J connectivity index is 4.06. The Labute approximate surface area is 143 Å². The average molecular weight is 355 g/mol. The van der Waals surface area contributed by atoms with Crippen LogP contribution in [0.2, 0.25) is 0 Å². The summed E-state index contributed by atoms with van der Waals surface area (Å²) >= 11 is 11.3.